The number of nitrogens with two attached hydrogens (primary N) is 1. The van der Waals surface area contributed by atoms with E-state index < -0.39 is 0 Å². The first-order valence-electron chi connectivity index (χ1n) is 7.30. The number of benzene rings is 2. The van der Waals surface area contributed by atoms with Gasteiger partial charge in [0.25, 0.3) is 0 Å². The van der Waals surface area contributed by atoms with Crippen molar-refractivity contribution in [2.45, 2.75) is 5.75 Å². The molecule has 1 heterocycles. The van der Waals surface area contributed by atoms with Crippen molar-refractivity contribution in [3.05, 3.63) is 76.9 Å². The van der Waals surface area contributed by atoms with Gasteiger partial charge in [-0.25, -0.2) is 0 Å². The van der Waals surface area contributed by atoms with Crippen LogP contribution < -0.4 is 5.73 Å². The Bertz CT molecular complexity index is 894. The molecule has 0 aliphatic rings. The van der Waals surface area contributed by atoms with Crippen molar-refractivity contribution < 1.29 is 0 Å². The number of fused-ring (bicyclic) bond motifs is 1. The predicted octanol–water partition coefficient (Wildman–Crippen LogP) is 4.47. The lowest BCUT2D eigenvalue weighted by Gasteiger charge is -2.01. The summed E-state index contributed by atoms with van der Waals surface area (Å²) < 4.78 is 0. The van der Waals surface area contributed by atoms with Crippen LogP contribution in [0.3, 0.4) is 0 Å². The molecule has 24 heavy (non-hydrogen) atoms. The van der Waals surface area contributed by atoms with E-state index in [9.17, 15) is 0 Å². The second kappa shape index (κ2) is 7.95. The summed E-state index contributed by atoms with van der Waals surface area (Å²) in [4.78, 5) is 4.36. The van der Waals surface area contributed by atoms with E-state index in [0.29, 0.717) is 10.2 Å². The molecule has 3 rings (SSSR count). The molecular formula is C18H15ClN4S. The maximum absolute atomic E-state index is 6.13. The quantitative estimate of drug-likeness (QED) is 0.427. The predicted molar refractivity (Wildman–Crippen MR) is 104 cm³/mol. The molecule has 2 aromatic carbocycles. The highest BCUT2D eigenvalue weighted by Crippen LogP contribution is 2.21. The number of amidine groups is 1. The number of hydrogen-bond donors (Lipinski definition) is 1. The number of thioether (sulfide) groups is 1. The van der Waals surface area contributed by atoms with Gasteiger partial charge < -0.3 is 5.73 Å². The van der Waals surface area contributed by atoms with Gasteiger partial charge in [-0.15, -0.1) is 5.10 Å². The van der Waals surface area contributed by atoms with Gasteiger partial charge in [0.1, 0.15) is 0 Å². The Labute approximate surface area is 149 Å². The van der Waals surface area contributed by atoms with Crippen molar-refractivity contribution in [2.24, 2.45) is 15.9 Å². The van der Waals surface area contributed by atoms with Crippen LogP contribution in [0.25, 0.3) is 10.9 Å². The Kier molecular flexibility index (Phi) is 5.46. The third-order valence-electron chi connectivity index (χ3n) is 3.28. The summed E-state index contributed by atoms with van der Waals surface area (Å²) in [7, 11) is 0. The van der Waals surface area contributed by atoms with Crippen LogP contribution in [0.2, 0.25) is 5.02 Å². The smallest absolute Gasteiger partial charge is 0.180 e. The molecule has 0 saturated heterocycles. The first-order chi connectivity index (χ1) is 11.7. The normalized spacial score (nSPS) is 12.1. The zero-order valence-electron chi connectivity index (χ0n) is 12.8. The molecule has 0 fully saturated rings. The number of rotatable bonds is 4. The lowest BCUT2D eigenvalue weighted by molar-refractivity contribution is 1.25. The number of hydrogen-bond acceptors (Lipinski definition) is 4. The van der Waals surface area contributed by atoms with Crippen LogP contribution in [0.1, 0.15) is 11.1 Å². The van der Waals surface area contributed by atoms with Gasteiger partial charge in [0.05, 0.1) is 11.7 Å². The summed E-state index contributed by atoms with van der Waals surface area (Å²) in [6, 6.07) is 17.6. The summed E-state index contributed by atoms with van der Waals surface area (Å²) in [5.41, 5.74) is 8.71. The van der Waals surface area contributed by atoms with Crippen molar-refractivity contribution >= 4 is 45.6 Å². The topological polar surface area (TPSA) is 63.6 Å². The second-order valence-electron chi connectivity index (χ2n) is 5.03. The Hall–Kier alpha value is -2.37. The first-order valence-corrected chi connectivity index (χ1v) is 8.66. The zero-order chi connectivity index (χ0) is 16.8. The standard InChI is InChI=1S/C18H15ClN4S/c19-16-9-14-7-4-8-21-17(14)15(10-16)11-22-23-18(20)24-12-13-5-2-1-3-6-13/h1-11H,12H2,(H2,20,23). The molecule has 6 heteroatoms. The molecule has 0 amide bonds. The van der Waals surface area contributed by atoms with E-state index in [2.05, 4.69) is 15.2 Å². The highest BCUT2D eigenvalue weighted by Gasteiger charge is 2.02. The third kappa shape index (κ3) is 4.34. The summed E-state index contributed by atoms with van der Waals surface area (Å²) in [5.74, 6) is 0.757. The molecule has 0 radical (unpaired) electrons. The summed E-state index contributed by atoms with van der Waals surface area (Å²) >= 11 is 7.57. The van der Waals surface area contributed by atoms with Crippen LogP contribution in [0.4, 0.5) is 0 Å². The second-order valence-corrected chi connectivity index (χ2v) is 6.46. The fourth-order valence-electron chi connectivity index (χ4n) is 2.19. The molecule has 2 N–H and O–H groups in total. The van der Waals surface area contributed by atoms with E-state index in [1.165, 1.54) is 17.3 Å². The minimum atomic E-state index is 0.411. The minimum absolute atomic E-state index is 0.411. The van der Waals surface area contributed by atoms with Gasteiger partial charge in [0.15, 0.2) is 5.17 Å². The van der Waals surface area contributed by atoms with E-state index in [1.807, 2.05) is 54.6 Å². The maximum atomic E-state index is 6.13. The van der Waals surface area contributed by atoms with E-state index in [1.54, 1.807) is 12.4 Å². The molecule has 3 aromatic rings. The molecule has 1 aromatic heterocycles. The summed E-state index contributed by atoms with van der Waals surface area (Å²) in [6.45, 7) is 0. The maximum Gasteiger partial charge on any atom is 0.180 e. The van der Waals surface area contributed by atoms with Gasteiger partial charge in [0, 0.05) is 27.9 Å². The molecule has 0 saturated carbocycles. The SMILES string of the molecule is NC(=NN=Cc1cc(Cl)cc2cccnc12)SCc1ccccc1. The molecule has 0 aliphatic carbocycles. The zero-order valence-corrected chi connectivity index (χ0v) is 14.3. The third-order valence-corrected chi connectivity index (χ3v) is 4.36. The van der Waals surface area contributed by atoms with Crippen LogP contribution in [-0.2, 0) is 5.75 Å². The molecule has 0 atom stereocenters. The Morgan fingerprint density at radius 1 is 1.17 bits per heavy atom. The number of nitrogens with zero attached hydrogens (tertiary/aromatic N) is 3. The average Bonchev–Trinajstić information content (AvgIpc) is 2.60. The molecule has 0 unspecified atom stereocenters. The summed E-state index contributed by atoms with van der Waals surface area (Å²) in [6.07, 6.45) is 3.36. The monoisotopic (exact) mass is 354 g/mol. The summed E-state index contributed by atoms with van der Waals surface area (Å²) in [5, 5.41) is 10.1. The van der Waals surface area contributed by atoms with Crippen molar-refractivity contribution in [1.29, 1.82) is 0 Å². The largest absolute Gasteiger partial charge is 0.377 e. The lowest BCUT2D eigenvalue weighted by atomic mass is 10.1. The fourth-order valence-corrected chi connectivity index (χ4v) is 3.04. The molecule has 4 nitrogen and oxygen atoms in total. The first kappa shape index (κ1) is 16.5. The van der Waals surface area contributed by atoms with Crippen LogP contribution in [0, 0.1) is 0 Å². The molecule has 0 bridgehead atoms. The van der Waals surface area contributed by atoms with Crippen LogP contribution >= 0.6 is 23.4 Å². The van der Waals surface area contributed by atoms with Gasteiger partial charge >= 0.3 is 0 Å². The molecule has 120 valence electrons. The van der Waals surface area contributed by atoms with Gasteiger partial charge in [-0.3, -0.25) is 4.98 Å². The Balaban J connectivity index is 1.71. The van der Waals surface area contributed by atoms with Gasteiger partial charge in [0.2, 0.25) is 0 Å². The molecular weight excluding hydrogens is 340 g/mol. The number of halogens is 1. The van der Waals surface area contributed by atoms with Crippen LogP contribution in [0.15, 0.2) is 71.0 Å². The Morgan fingerprint density at radius 3 is 2.83 bits per heavy atom. The minimum Gasteiger partial charge on any atom is -0.377 e. The van der Waals surface area contributed by atoms with Crippen molar-refractivity contribution in [2.75, 3.05) is 0 Å². The highest BCUT2D eigenvalue weighted by molar-refractivity contribution is 8.13. The molecule has 0 aliphatic heterocycles. The lowest BCUT2D eigenvalue weighted by Crippen LogP contribution is -2.06. The highest BCUT2D eigenvalue weighted by atomic mass is 35.5. The van der Waals surface area contributed by atoms with E-state index >= 15 is 0 Å². The molecule has 0 spiro atoms. The van der Waals surface area contributed by atoms with Crippen LogP contribution in [-0.4, -0.2) is 16.4 Å². The van der Waals surface area contributed by atoms with Crippen molar-refractivity contribution in [3.63, 3.8) is 0 Å². The Morgan fingerprint density at radius 2 is 2.00 bits per heavy atom. The van der Waals surface area contributed by atoms with Crippen molar-refractivity contribution in [1.82, 2.24) is 4.98 Å². The number of aromatic nitrogens is 1. The van der Waals surface area contributed by atoms with E-state index in [-0.39, 0.29) is 0 Å². The van der Waals surface area contributed by atoms with E-state index in [4.69, 9.17) is 17.3 Å². The van der Waals surface area contributed by atoms with Gasteiger partial charge in [-0.1, -0.05) is 59.8 Å². The van der Waals surface area contributed by atoms with E-state index in [0.717, 1.165) is 22.2 Å². The van der Waals surface area contributed by atoms with Gasteiger partial charge in [-0.05, 0) is 23.8 Å². The van der Waals surface area contributed by atoms with Gasteiger partial charge in [-0.2, -0.15) is 5.10 Å². The fraction of sp³-hybridized carbons (Fsp3) is 0.0556. The van der Waals surface area contributed by atoms with Crippen molar-refractivity contribution in [3.8, 4) is 0 Å². The average molecular weight is 355 g/mol. The van der Waals surface area contributed by atoms with Crippen LogP contribution in [0.5, 0.6) is 0 Å². The number of pyridine rings is 1.